The monoisotopic (exact) mass is 360 g/mol. The molecule has 1 amide bonds. The number of nitrogens with two attached hydrogens (primary N) is 1. The van der Waals surface area contributed by atoms with Gasteiger partial charge in [-0.1, -0.05) is 5.16 Å². The summed E-state index contributed by atoms with van der Waals surface area (Å²) in [6.07, 6.45) is -0.901. The Labute approximate surface area is 147 Å². The van der Waals surface area contributed by atoms with Crippen molar-refractivity contribution in [3.8, 4) is 17.0 Å². The van der Waals surface area contributed by atoms with Gasteiger partial charge in [0.25, 0.3) is 0 Å². The van der Waals surface area contributed by atoms with E-state index in [1.165, 1.54) is 12.1 Å². The van der Waals surface area contributed by atoms with Crippen molar-refractivity contribution in [2.24, 2.45) is 5.73 Å². The lowest BCUT2D eigenvalue weighted by molar-refractivity contribution is 0.137. The van der Waals surface area contributed by atoms with Crippen LogP contribution in [-0.2, 0) is 18.0 Å². The van der Waals surface area contributed by atoms with Crippen LogP contribution in [0.25, 0.3) is 11.3 Å². The summed E-state index contributed by atoms with van der Waals surface area (Å²) in [6, 6.07) is 11.8. The van der Waals surface area contributed by atoms with Crippen LogP contribution in [0.1, 0.15) is 11.3 Å². The van der Waals surface area contributed by atoms with E-state index in [1.807, 2.05) is 0 Å². The lowest BCUT2D eigenvalue weighted by Gasteiger charge is -2.07. The van der Waals surface area contributed by atoms with Gasteiger partial charge in [0.1, 0.15) is 29.7 Å². The van der Waals surface area contributed by atoms with Crippen molar-refractivity contribution in [3.63, 3.8) is 0 Å². The van der Waals surface area contributed by atoms with E-state index in [9.17, 15) is 13.6 Å². The smallest absolute Gasteiger partial charge is 0.404 e. The molecule has 0 saturated carbocycles. The number of aromatic nitrogens is 1. The van der Waals surface area contributed by atoms with Crippen molar-refractivity contribution in [3.05, 3.63) is 71.5 Å². The second kappa shape index (κ2) is 7.64. The Bertz CT molecular complexity index is 910. The van der Waals surface area contributed by atoms with Crippen molar-refractivity contribution in [2.75, 3.05) is 0 Å². The van der Waals surface area contributed by atoms with Gasteiger partial charge in [0.15, 0.2) is 12.4 Å². The van der Waals surface area contributed by atoms with Gasteiger partial charge in [-0.15, -0.1) is 0 Å². The highest BCUT2D eigenvalue weighted by atomic mass is 19.1. The van der Waals surface area contributed by atoms with Crippen molar-refractivity contribution in [2.45, 2.75) is 13.2 Å². The van der Waals surface area contributed by atoms with E-state index in [0.717, 1.165) is 11.6 Å². The van der Waals surface area contributed by atoms with Gasteiger partial charge in [0, 0.05) is 23.3 Å². The van der Waals surface area contributed by atoms with Gasteiger partial charge in [-0.05, 0) is 36.4 Å². The van der Waals surface area contributed by atoms with Gasteiger partial charge >= 0.3 is 6.09 Å². The number of primary amides is 1. The average molecular weight is 360 g/mol. The molecule has 0 bridgehead atoms. The zero-order chi connectivity index (χ0) is 18.5. The fourth-order valence-electron chi connectivity index (χ4n) is 2.18. The Morgan fingerprint density at radius 1 is 1.08 bits per heavy atom. The quantitative estimate of drug-likeness (QED) is 0.722. The van der Waals surface area contributed by atoms with Crippen LogP contribution in [0.3, 0.4) is 0 Å². The minimum Gasteiger partial charge on any atom is -0.489 e. The number of carbonyl (C=O) groups is 1. The van der Waals surface area contributed by atoms with E-state index in [1.54, 1.807) is 30.3 Å². The minimum atomic E-state index is -0.901. The first kappa shape index (κ1) is 17.4. The molecule has 0 saturated heterocycles. The lowest BCUT2D eigenvalue weighted by Crippen LogP contribution is -2.12. The number of hydrogen-bond acceptors (Lipinski definition) is 5. The number of nitrogens with zero attached hydrogens (tertiary/aromatic N) is 1. The molecule has 0 unspecified atom stereocenters. The third kappa shape index (κ3) is 4.35. The summed E-state index contributed by atoms with van der Waals surface area (Å²) in [7, 11) is 0. The lowest BCUT2D eigenvalue weighted by atomic mass is 10.1. The first-order valence-electron chi connectivity index (χ1n) is 7.56. The van der Waals surface area contributed by atoms with E-state index >= 15 is 0 Å². The summed E-state index contributed by atoms with van der Waals surface area (Å²) in [5, 5.41) is 3.87. The molecule has 0 fully saturated rings. The van der Waals surface area contributed by atoms with Gasteiger partial charge in [0.2, 0.25) is 0 Å². The highest BCUT2D eigenvalue weighted by Gasteiger charge is 2.09. The number of amides is 1. The van der Waals surface area contributed by atoms with Crippen LogP contribution in [0.4, 0.5) is 13.6 Å². The zero-order valence-electron chi connectivity index (χ0n) is 13.4. The molecule has 2 aromatic carbocycles. The molecule has 0 aliphatic rings. The standard InChI is InChI=1S/C18H14F2N2O4/c19-13-4-1-12(16(20)7-13)9-24-14-5-2-11(3-6-14)17-8-15(26-22-17)10-25-18(21)23/h1-8H,9-10H2,(H2,21,23). The SMILES string of the molecule is NC(=O)OCc1cc(-c2ccc(OCc3ccc(F)cc3F)cc2)no1. The molecule has 3 aromatic rings. The number of ether oxygens (including phenoxy) is 2. The highest BCUT2D eigenvalue weighted by Crippen LogP contribution is 2.23. The Kier molecular flexibility index (Phi) is 5.12. The molecule has 0 atom stereocenters. The number of carbonyl (C=O) groups excluding carboxylic acids is 1. The molecular formula is C18H14F2N2O4. The average Bonchev–Trinajstić information content (AvgIpc) is 3.09. The Morgan fingerprint density at radius 3 is 2.54 bits per heavy atom. The van der Waals surface area contributed by atoms with Crippen LogP contribution in [0.5, 0.6) is 5.75 Å². The van der Waals surface area contributed by atoms with Crippen LogP contribution in [0.15, 0.2) is 53.1 Å². The molecule has 2 N–H and O–H groups in total. The van der Waals surface area contributed by atoms with Crippen LogP contribution in [-0.4, -0.2) is 11.2 Å². The van der Waals surface area contributed by atoms with E-state index in [2.05, 4.69) is 9.89 Å². The van der Waals surface area contributed by atoms with E-state index in [0.29, 0.717) is 17.2 Å². The second-order valence-electron chi connectivity index (χ2n) is 5.33. The summed E-state index contributed by atoms with van der Waals surface area (Å²) in [6.45, 7) is -0.128. The zero-order valence-corrected chi connectivity index (χ0v) is 13.4. The summed E-state index contributed by atoms with van der Waals surface area (Å²) >= 11 is 0. The fourth-order valence-corrected chi connectivity index (χ4v) is 2.18. The first-order chi connectivity index (χ1) is 12.5. The molecule has 26 heavy (non-hydrogen) atoms. The van der Waals surface area contributed by atoms with E-state index in [-0.39, 0.29) is 18.8 Å². The Balaban J connectivity index is 1.62. The van der Waals surface area contributed by atoms with Crippen molar-refractivity contribution < 1.29 is 27.6 Å². The van der Waals surface area contributed by atoms with E-state index in [4.69, 9.17) is 15.0 Å². The molecule has 0 aliphatic heterocycles. The summed E-state index contributed by atoms with van der Waals surface area (Å²) < 4.78 is 41.6. The summed E-state index contributed by atoms with van der Waals surface area (Å²) in [5.41, 5.74) is 6.43. The van der Waals surface area contributed by atoms with Gasteiger partial charge in [0.05, 0.1) is 0 Å². The van der Waals surface area contributed by atoms with Gasteiger partial charge in [-0.25, -0.2) is 13.6 Å². The topological polar surface area (TPSA) is 87.6 Å². The number of halogens is 2. The maximum atomic E-state index is 13.6. The van der Waals surface area contributed by atoms with Crippen LogP contribution < -0.4 is 10.5 Å². The largest absolute Gasteiger partial charge is 0.489 e. The molecule has 8 heteroatoms. The molecule has 6 nitrogen and oxygen atoms in total. The highest BCUT2D eigenvalue weighted by molar-refractivity contribution is 5.64. The van der Waals surface area contributed by atoms with E-state index < -0.39 is 17.7 Å². The van der Waals surface area contributed by atoms with Crippen molar-refractivity contribution in [1.82, 2.24) is 5.16 Å². The molecule has 0 aliphatic carbocycles. The van der Waals surface area contributed by atoms with Crippen molar-refractivity contribution in [1.29, 1.82) is 0 Å². The molecule has 0 spiro atoms. The minimum absolute atomic E-state index is 0.0238. The van der Waals surface area contributed by atoms with Crippen LogP contribution in [0, 0.1) is 11.6 Å². The van der Waals surface area contributed by atoms with Gasteiger partial charge in [-0.3, -0.25) is 0 Å². The number of benzene rings is 2. The molecular weight excluding hydrogens is 346 g/mol. The van der Waals surface area contributed by atoms with Crippen LogP contribution in [0.2, 0.25) is 0 Å². The maximum Gasteiger partial charge on any atom is 0.404 e. The predicted octanol–water partition coefficient (Wildman–Crippen LogP) is 3.79. The first-order valence-corrected chi connectivity index (χ1v) is 7.56. The molecule has 1 heterocycles. The predicted molar refractivity (Wildman–Crippen MR) is 87.0 cm³/mol. The molecule has 3 rings (SSSR count). The number of rotatable bonds is 6. The molecule has 1 aromatic heterocycles. The Morgan fingerprint density at radius 2 is 1.85 bits per heavy atom. The second-order valence-corrected chi connectivity index (χ2v) is 5.33. The van der Waals surface area contributed by atoms with Crippen molar-refractivity contribution >= 4 is 6.09 Å². The number of hydrogen-bond donors (Lipinski definition) is 1. The third-order valence-electron chi connectivity index (χ3n) is 3.48. The summed E-state index contributed by atoms with van der Waals surface area (Å²) in [4.78, 5) is 10.6. The third-order valence-corrected chi connectivity index (χ3v) is 3.48. The van der Waals surface area contributed by atoms with Gasteiger partial charge < -0.3 is 19.7 Å². The normalized spacial score (nSPS) is 10.5. The Hall–Kier alpha value is -3.42. The molecule has 0 radical (unpaired) electrons. The van der Waals surface area contributed by atoms with Crippen LogP contribution >= 0.6 is 0 Å². The summed E-state index contributed by atoms with van der Waals surface area (Å²) in [5.74, 6) is -0.428. The maximum absolute atomic E-state index is 13.6. The fraction of sp³-hybridized carbons (Fsp3) is 0.111. The molecule has 134 valence electrons. The van der Waals surface area contributed by atoms with Gasteiger partial charge in [-0.2, -0.15) is 0 Å².